The van der Waals surface area contributed by atoms with Crippen LogP contribution >= 0.6 is 0 Å². The van der Waals surface area contributed by atoms with E-state index in [1.165, 1.54) is 43.2 Å². The number of fused-ring (bicyclic) bond motifs is 1. The minimum absolute atomic E-state index is 0.172. The monoisotopic (exact) mass is 275 g/mol. The molecule has 0 amide bonds. The summed E-state index contributed by atoms with van der Waals surface area (Å²) in [6.07, 6.45) is 6.30. The Labute approximate surface area is 123 Å². The molecular formula is C18H29NO. The second-order valence-corrected chi connectivity index (χ2v) is 6.77. The Kier molecular flexibility index (Phi) is 5.47. The standard InChI is InChI=1S/C18H29NO/c1-4-11-19-13-18(2,3)14-20-17-10-9-15-7-5-6-8-16(15)12-17/h9-10,12,19H,4-8,11,13-14H2,1-3H3. The van der Waals surface area contributed by atoms with Gasteiger partial charge in [0.1, 0.15) is 5.75 Å². The van der Waals surface area contributed by atoms with E-state index >= 15 is 0 Å². The van der Waals surface area contributed by atoms with Crippen molar-refractivity contribution in [3.8, 4) is 5.75 Å². The third-order valence-electron chi connectivity index (χ3n) is 3.98. The second kappa shape index (κ2) is 7.12. The highest BCUT2D eigenvalue weighted by Gasteiger charge is 2.19. The van der Waals surface area contributed by atoms with Crippen LogP contribution in [0.2, 0.25) is 0 Å². The summed E-state index contributed by atoms with van der Waals surface area (Å²) < 4.78 is 6.03. The lowest BCUT2D eigenvalue weighted by atomic mass is 9.91. The third-order valence-corrected chi connectivity index (χ3v) is 3.98. The van der Waals surface area contributed by atoms with Crippen LogP contribution in [0.3, 0.4) is 0 Å². The first-order valence-electron chi connectivity index (χ1n) is 8.06. The van der Waals surface area contributed by atoms with Gasteiger partial charge in [-0.25, -0.2) is 0 Å². The molecule has 0 aromatic heterocycles. The van der Waals surface area contributed by atoms with Crippen LogP contribution in [-0.2, 0) is 12.8 Å². The van der Waals surface area contributed by atoms with Gasteiger partial charge in [-0.1, -0.05) is 26.8 Å². The SMILES string of the molecule is CCCNCC(C)(C)COc1ccc2c(c1)CCCC2. The van der Waals surface area contributed by atoms with Crippen LogP contribution in [0.5, 0.6) is 5.75 Å². The second-order valence-electron chi connectivity index (χ2n) is 6.77. The van der Waals surface area contributed by atoms with Crippen LogP contribution in [0.15, 0.2) is 18.2 Å². The molecule has 0 aliphatic heterocycles. The zero-order valence-electron chi connectivity index (χ0n) is 13.3. The number of nitrogens with one attached hydrogen (secondary N) is 1. The summed E-state index contributed by atoms with van der Waals surface area (Å²) in [4.78, 5) is 0. The molecule has 0 bridgehead atoms. The van der Waals surface area contributed by atoms with Crippen LogP contribution < -0.4 is 10.1 Å². The van der Waals surface area contributed by atoms with Crippen molar-refractivity contribution in [1.82, 2.24) is 5.32 Å². The molecule has 0 heterocycles. The summed E-state index contributed by atoms with van der Waals surface area (Å²) in [5.41, 5.74) is 3.19. The van der Waals surface area contributed by atoms with Gasteiger partial charge in [-0.15, -0.1) is 0 Å². The van der Waals surface area contributed by atoms with E-state index in [4.69, 9.17) is 4.74 Å². The summed E-state index contributed by atoms with van der Waals surface area (Å²) in [7, 11) is 0. The Hall–Kier alpha value is -1.02. The van der Waals surface area contributed by atoms with Crippen molar-refractivity contribution in [1.29, 1.82) is 0 Å². The maximum atomic E-state index is 6.03. The van der Waals surface area contributed by atoms with Gasteiger partial charge in [0.15, 0.2) is 0 Å². The summed E-state index contributed by atoms with van der Waals surface area (Å²) >= 11 is 0. The van der Waals surface area contributed by atoms with E-state index in [-0.39, 0.29) is 5.41 Å². The van der Waals surface area contributed by atoms with Crippen LogP contribution in [0, 0.1) is 5.41 Å². The molecule has 0 saturated heterocycles. The molecule has 0 unspecified atom stereocenters. The number of benzene rings is 1. The van der Waals surface area contributed by atoms with E-state index in [2.05, 4.69) is 44.3 Å². The van der Waals surface area contributed by atoms with E-state index in [0.29, 0.717) is 0 Å². The van der Waals surface area contributed by atoms with E-state index < -0.39 is 0 Å². The largest absolute Gasteiger partial charge is 0.493 e. The van der Waals surface area contributed by atoms with Gasteiger partial charge in [0.2, 0.25) is 0 Å². The van der Waals surface area contributed by atoms with E-state index in [9.17, 15) is 0 Å². The van der Waals surface area contributed by atoms with Gasteiger partial charge >= 0.3 is 0 Å². The lowest BCUT2D eigenvalue weighted by Gasteiger charge is -2.25. The minimum Gasteiger partial charge on any atom is -0.493 e. The Morgan fingerprint density at radius 2 is 1.90 bits per heavy atom. The molecule has 112 valence electrons. The molecule has 2 nitrogen and oxygen atoms in total. The minimum atomic E-state index is 0.172. The molecule has 0 atom stereocenters. The average molecular weight is 275 g/mol. The van der Waals surface area contributed by atoms with E-state index in [0.717, 1.165) is 25.4 Å². The highest BCUT2D eigenvalue weighted by Crippen LogP contribution is 2.26. The molecule has 2 rings (SSSR count). The normalized spacial score (nSPS) is 14.9. The van der Waals surface area contributed by atoms with Crippen molar-refractivity contribution in [2.45, 2.75) is 52.9 Å². The van der Waals surface area contributed by atoms with Crippen molar-refractivity contribution >= 4 is 0 Å². The molecule has 20 heavy (non-hydrogen) atoms. The molecule has 1 aliphatic carbocycles. The van der Waals surface area contributed by atoms with Gasteiger partial charge in [-0.2, -0.15) is 0 Å². The fourth-order valence-electron chi connectivity index (χ4n) is 2.73. The number of ether oxygens (including phenoxy) is 1. The molecule has 0 fully saturated rings. The summed E-state index contributed by atoms with van der Waals surface area (Å²) in [6.45, 7) is 9.57. The van der Waals surface area contributed by atoms with Gasteiger partial charge < -0.3 is 10.1 Å². The first-order chi connectivity index (χ1) is 9.61. The number of rotatable bonds is 7. The highest BCUT2D eigenvalue weighted by molar-refractivity contribution is 5.37. The molecule has 0 radical (unpaired) electrons. The van der Waals surface area contributed by atoms with Crippen molar-refractivity contribution in [3.63, 3.8) is 0 Å². The predicted molar refractivity (Wildman–Crippen MR) is 85.5 cm³/mol. The lowest BCUT2D eigenvalue weighted by molar-refractivity contribution is 0.176. The molecule has 1 aromatic carbocycles. The third kappa shape index (κ3) is 4.52. The molecule has 1 aliphatic rings. The van der Waals surface area contributed by atoms with Gasteiger partial charge in [0, 0.05) is 12.0 Å². The van der Waals surface area contributed by atoms with Crippen LogP contribution in [0.1, 0.15) is 51.2 Å². The fraction of sp³-hybridized carbons (Fsp3) is 0.667. The fourth-order valence-corrected chi connectivity index (χ4v) is 2.73. The van der Waals surface area contributed by atoms with E-state index in [1.807, 2.05) is 0 Å². The average Bonchev–Trinajstić information content (AvgIpc) is 2.45. The Morgan fingerprint density at radius 3 is 2.65 bits per heavy atom. The highest BCUT2D eigenvalue weighted by atomic mass is 16.5. The van der Waals surface area contributed by atoms with Crippen molar-refractivity contribution < 1.29 is 4.74 Å². The van der Waals surface area contributed by atoms with Crippen molar-refractivity contribution in [2.24, 2.45) is 5.41 Å². The number of aryl methyl sites for hydroxylation is 2. The molecule has 0 spiro atoms. The maximum Gasteiger partial charge on any atom is 0.119 e. The van der Waals surface area contributed by atoms with Crippen LogP contribution in [0.25, 0.3) is 0 Å². The van der Waals surface area contributed by atoms with Gasteiger partial charge in [0.05, 0.1) is 6.61 Å². The molecule has 1 aromatic rings. The predicted octanol–water partition coefficient (Wildman–Crippen LogP) is 3.97. The quantitative estimate of drug-likeness (QED) is 0.760. The molecule has 1 N–H and O–H groups in total. The summed E-state index contributed by atoms with van der Waals surface area (Å²) in [5, 5.41) is 3.48. The summed E-state index contributed by atoms with van der Waals surface area (Å²) in [5.74, 6) is 1.04. The topological polar surface area (TPSA) is 21.3 Å². The molecule has 0 saturated carbocycles. The Bertz CT molecular complexity index is 425. The first-order valence-corrected chi connectivity index (χ1v) is 8.06. The van der Waals surface area contributed by atoms with Crippen molar-refractivity contribution in [2.75, 3.05) is 19.7 Å². The first kappa shape index (κ1) is 15.4. The van der Waals surface area contributed by atoms with E-state index in [1.54, 1.807) is 0 Å². The van der Waals surface area contributed by atoms with Gasteiger partial charge in [-0.3, -0.25) is 0 Å². The molecular weight excluding hydrogens is 246 g/mol. The maximum absolute atomic E-state index is 6.03. The number of hydrogen-bond acceptors (Lipinski definition) is 2. The zero-order valence-corrected chi connectivity index (χ0v) is 13.3. The zero-order chi connectivity index (χ0) is 14.4. The van der Waals surface area contributed by atoms with Crippen LogP contribution in [0.4, 0.5) is 0 Å². The molecule has 2 heteroatoms. The smallest absolute Gasteiger partial charge is 0.119 e. The van der Waals surface area contributed by atoms with Gasteiger partial charge in [-0.05, 0) is 61.9 Å². The Balaban J connectivity index is 1.87. The lowest BCUT2D eigenvalue weighted by Crippen LogP contribution is -2.34. The van der Waals surface area contributed by atoms with Gasteiger partial charge in [0.25, 0.3) is 0 Å². The number of hydrogen-bond donors (Lipinski definition) is 1. The summed E-state index contributed by atoms with van der Waals surface area (Å²) in [6, 6.07) is 6.65. The van der Waals surface area contributed by atoms with Crippen molar-refractivity contribution in [3.05, 3.63) is 29.3 Å². The Morgan fingerprint density at radius 1 is 1.15 bits per heavy atom. The van der Waals surface area contributed by atoms with Crippen LogP contribution in [-0.4, -0.2) is 19.7 Å².